The molecule has 4 nitrogen and oxygen atoms in total. The van der Waals surface area contributed by atoms with E-state index in [1.807, 2.05) is 0 Å². The maximum absolute atomic E-state index is 11.2. The standard InChI is InChI=1S/C8H8BrNO3S/c1-14(12,13)7-4-2-3-6(5-7)8(11)10-9/h2-5H,1H3,(H,10,11). The maximum atomic E-state index is 11.2. The van der Waals surface area contributed by atoms with E-state index in [2.05, 4.69) is 20.5 Å². The van der Waals surface area contributed by atoms with Crippen molar-refractivity contribution >= 4 is 31.9 Å². The van der Waals surface area contributed by atoms with Crippen molar-refractivity contribution in [1.82, 2.24) is 4.34 Å². The van der Waals surface area contributed by atoms with Gasteiger partial charge in [-0.25, -0.2) is 8.42 Å². The molecular formula is C8H8BrNO3S. The van der Waals surface area contributed by atoms with Crippen LogP contribution in [0.2, 0.25) is 0 Å². The lowest BCUT2D eigenvalue weighted by Gasteiger charge is -2.01. The van der Waals surface area contributed by atoms with E-state index in [-0.39, 0.29) is 10.8 Å². The molecule has 0 aliphatic carbocycles. The Kier molecular flexibility index (Phi) is 3.28. The Bertz CT molecular complexity index is 455. The first-order valence-electron chi connectivity index (χ1n) is 3.66. The number of carbonyl (C=O) groups is 1. The molecule has 6 heteroatoms. The molecule has 1 aromatic carbocycles. The summed E-state index contributed by atoms with van der Waals surface area (Å²) in [5.41, 5.74) is 0.296. The predicted molar refractivity (Wildman–Crippen MR) is 55.9 cm³/mol. The van der Waals surface area contributed by atoms with Crippen molar-refractivity contribution in [2.45, 2.75) is 4.90 Å². The number of halogens is 1. The highest BCUT2D eigenvalue weighted by Gasteiger charge is 2.10. The van der Waals surface area contributed by atoms with Crippen molar-refractivity contribution in [2.24, 2.45) is 0 Å². The molecule has 14 heavy (non-hydrogen) atoms. The fraction of sp³-hybridized carbons (Fsp3) is 0.125. The highest BCUT2D eigenvalue weighted by atomic mass is 79.9. The fourth-order valence-corrected chi connectivity index (χ4v) is 1.82. The average Bonchev–Trinajstić information content (AvgIpc) is 2.15. The number of amides is 1. The van der Waals surface area contributed by atoms with Gasteiger partial charge in [-0.15, -0.1) is 0 Å². The average molecular weight is 278 g/mol. The van der Waals surface area contributed by atoms with E-state index in [0.29, 0.717) is 5.56 Å². The lowest BCUT2D eigenvalue weighted by Crippen LogP contribution is -2.12. The van der Waals surface area contributed by atoms with Gasteiger partial charge in [0.25, 0.3) is 5.91 Å². The third-order valence-corrected chi connectivity index (χ3v) is 3.08. The van der Waals surface area contributed by atoms with Gasteiger partial charge in [-0.05, 0) is 18.2 Å². The molecular weight excluding hydrogens is 270 g/mol. The SMILES string of the molecule is CS(=O)(=O)c1cccc(C(=O)NBr)c1. The van der Waals surface area contributed by atoms with Gasteiger partial charge in [-0.3, -0.25) is 9.14 Å². The second-order valence-corrected chi connectivity index (χ2v) is 5.14. The Labute approximate surface area is 90.6 Å². The van der Waals surface area contributed by atoms with Gasteiger partial charge in [0.15, 0.2) is 9.84 Å². The van der Waals surface area contributed by atoms with Crippen molar-refractivity contribution in [3.8, 4) is 0 Å². The monoisotopic (exact) mass is 277 g/mol. The quantitative estimate of drug-likeness (QED) is 0.825. The van der Waals surface area contributed by atoms with E-state index >= 15 is 0 Å². The molecule has 0 heterocycles. The minimum absolute atomic E-state index is 0.131. The molecule has 0 aliphatic heterocycles. The van der Waals surface area contributed by atoms with Gasteiger partial charge in [0.05, 0.1) is 4.90 Å². The van der Waals surface area contributed by atoms with Crippen LogP contribution < -0.4 is 4.34 Å². The van der Waals surface area contributed by atoms with Crippen molar-refractivity contribution in [2.75, 3.05) is 6.26 Å². The summed E-state index contributed by atoms with van der Waals surface area (Å²) in [5.74, 6) is -0.379. The highest BCUT2D eigenvalue weighted by molar-refractivity contribution is 9.08. The van der Waals surface area contributed by atoms with Crippen LogP contribution in [0.3, 0.4) is 0 Å². The van der Waals surface area contributed by atoms with Crippen LogP contribution in [0.5, 0.6) is 0 Å². The van der Waals surface area contributed by atoms with E-state index < -0.39 is 9.84 Å². The predicted octanol–water partition coefficient (Wildman–Crippen LogP) is 1.13. The molecule has 0 saturated heterocycles. The van der Waals surface area contributed by atoms with Gasteiger partial charge in [-0.2, -0.15) is 0 Å². The van der Waals surface area contributed by atoms with Crippen LogP contribution in [0.4, 0.5) is 0 Å². The number of carbonyl (C=O) groups excluding carboxylic acids is 1. The first-order valence-corrected chi connectivity index (χ1v) is 6.34. The summed E-state index contributed by atoms with van der Waals surface area (Å²) in [4.78, 5) is 11.3. The molecule has 0 aromatic heterocycles. The van der Waals surface area contributed by atoms with Gasteiger partial charge < -0.3 is 0 Å². The van der Waals surface area contributed by atoms with E-state index in [9.17, 15) is 13.2 Å². The Morgan fingerprint density at radius 3 is 2.57 bits per heavy atom. The Balaban J connectivity index is 3.21. The third kappa shape index (κ3) is 2.55. The van der Waals surface area contributed by atoms with E-state index in [0.717, 1.165) is 6.26 Å². The molecule has 0 spiro atoms. The van der Waals surface area contributed by atoms with Gasteiger partial charge in [0, 0.05) is 28.0 Å². The summed E-state index contributed by atoms with van der Waals surface area (Å²) in [6.07, 6.45) is 1.10. The molecule has 1 amide bonds. The first kappa shape index (κ1) is 11.2. The smallest absolute Gasteiger partial charge is 0.261 e. The van der Waals surface area contributed by atoms with E-state index in [4.69, 9.17) is 0 Å². The van der Waals surface area contributed by atoms with Crippen molar-refractivity contribution in [1.29, 1.82) is 0 Å². The van der Waals surface area contributed by atoms with Gasteiger partial charge in [0.1, 0.15) is 0 Å². The van der Waals surface area contributed by atoms with Crippen LogP contribution in [0.25, 0.3) is 0 Å². The second-order valence-electron chi connectivity index (χ2n) is 2.72. The topological polar surface area (TPSA) is 63.2 Å². The molecule has 0 atom stereocenters. The molecule has 0 radical (unpaired) electrons. The lowest BCUT2D eigenvalue weighted by molar-refractivity contribution is 0.0986. The second kappa shape index (κ2) is 4.10. The molecule has 1 aromatic rings. The lowest BCUT2D eigenvalue weighted by atomic mass is 10.2. The number of rotatable bonds is 2. The molecule has 76 valence electrons. The molecule has 0 aliphatic rings. The van der Waals surface area contributed by atoms with Gasteiger partial charge >= 0.3 is 0 Å². The summed E-state index contributed by atoms with van der Waals surface area (Å²) < 4.78 is 24.5. The molecule has 1 rings (SSSR count). The van der Waals surface area contributed by atoms with Crippen molar-refractivity contribution in [3.63, 3.8) is 0 Å². The normalized spacial score (nSPS) is 11.0. The van der Waals surface area contributed by atoms with Crippen LogP contribution >= 0.6 is 16.1 Å². The van der Waals surface area contributed by atoms with E-state index in [1.165, 1.54) is 24.3 Å². The molecule has 0 bridgehead atoms. The highest BCUT2D eigenvalue weighted by Crippen LogP contribution is 2.11. The summed E-state index contributed by atoms with van der Waals surface area (Å²) in [6.45, 7) is 0. The minimum Gasteiger partial charge on any atom is -0.289 e. The molecule has 1 N–H and O–H groups in total. The number of benzene rings is 1. The summed E-state index contributed by atoms with van der Waals surface area (Å²) >= 11 is 2.78. The number of sulfone groups is 1. The van der Waals surface area contributed by atoms with Crippen molar-refractivity contribution < 1.29 is 13.2 Å². The summed E-state index contributed by atoms with van der Waals surface area (Å²) in [6, 6.07) is 5.82. The third-order valence-electron chi connectivity index (χ3n) is 1.61. The summed E-state index contributed by atoms with van der Waals surface area (Å²) in [5, 5.41) is 0. The maximum Gasteiger partial charge on any atom is 0.261 e. The van der Waals surface area contributed by atoms with Crippen LogP contribution in [-0.2, 0) is 9.84 Å². The zero-order valence-electron chi connectivity index (χ0n) is 7.32. The fourth-order valence-electron chi connectivity index (χ4n) is 0.923. The van der Waals surface area contributed by atoms with Crippen LogP contribution in [0, 0.1) is 0 Å². The molecule has 0 saturated carbocycles. The van der Waals surface area contributed by atoms with E-state index in [1.54, 1.807) is 0 Å². The van der Waals surface area contributed by atoms with Crippen LogP contribution in [-0.4, -0.2) is 20.6 Å². The largest absolute Gasteiger partial charge is 0.289 e. The Morgan fingerprint density at radius 1 is 1.43 bits per heavy atom. The number of hydrogen-bond donors (Lipinski definition) is 1. The van der Waals surface area contributed by atoms with Crippen molar-refractivity contribution in [3.05, 3.63) is 29.8 Å². The van der Waals surface area contributed by atoms with Crippen LogP contribution in [0.15, 0.2) is 29.2 Å². The molecule has 0 fully saturated rings. The Morgan fingerprint density at radius 2 is 2.07 bits per heavy atom. The number of nitrogens with one attached hydrogen (secondary N) is 1. The van der Waals surface area contributed by atoms with Crippen LogP contribution in [0.1, 0.15) is 10.4 Å². The summed E-state index contributed by atoms with van der Waals surface area (Å²) in [7, 11) is -3.26. The number of hydrogen-bond acceptors (Lipinski definition) is 3. The zero-order chi connectivity index (χ0) is 10.8. The van der Waals surface area contributed by atoms with Gasteiger partial charge in [-0.1, -0.05) is 6.07 Å². The zero-order valence-corrected chi connectivity index (χ0v) is 9.72. The Hall–Kier alpha value is -0.880. The molecule has 0 unspecified atom stereocenters. The minimum atomic E-state index is -3.26. The first-order chi connectivity index (χ1) is 6.45. The van der Waals surface area contributed by atoms with Gasteiger partial charge in [0.2, 0.25) is 0 Å².